The van der Waals surface area contributed by atoms with E-state index in [9.17, 15) is 4.79 Å². The molecule has 0 spiro atoms. The standard InChI is InChI=1S/C9H15NO/c1-8-4-3-6-10(8)7-5-9(2)11/h5,7-8H,3-4,6H2,1-2H3/b7-5+. The van der Waals surface area contributed by atoms with Crippen molar-refractivity contribution in [1.29, 1.82) is 0 Å². The van der Waals surface area contributed by atoms with Gasteiger partial charge in [-0.2, -0.15) is 0 Å². The Hall–Kier alpha value is -0.790. The first-order valence-corrected chi connectivity index (χ1v) is 4.14. The fraction of sp³-hybridized carbons (Fsp3) is 0.667. The Morgan fingerprint density at radius 1 is 1.64 bits per heavy atom. The van der Waals surface area contributed by atoms with Crippen molar-refractivity contribution in [3.05, 3.63) is 12.3 Å². The number of rotatable bonds is 2. The second-order valence-corrected chi connectivity index (χ2v) is 3.16. The summed E-state index contributed by atoms with van der Waals surface area (Å²) in [6.07, 6.45) is 6.06. The molecule has 1 fully saturated rings. The van der Waals surface area contributed by atoms with Crippen molar-refractivity contribution in [3.8, 4) is 0 Å². The third-order valence-corrected chi connectivity index (χ3v) is 2.11. The normalized spacial score (nSPS) is 24.9. The number of nitrogens with zero attached hydrogens (tertiary/aromatic N) is 1. The van der Waals surface area contributed by atoms with Gasteiger partial charge in [0.25, 0.3) is 0 Å². The van der Waals surface area contributed by atoms with Gasteiger partial charge in [-0.15, -0.1) is 0 Å². The van der Waals surface area contributed by atoms with E-state index in [0.29, 0.717) is 6.04 Å². The highest BCUT2D eigenvalue weighted by atomic mass is 16.1. The molecule has 0 N–H and O–H groups in total. The fourth-order valence-corrected chi connectivity index (χ4v) is 1.38. The molecule has 2 nitrogen and oxygen atoms in total. The van der Waals surface area contributed by atoms with Crippen molar-refractivity contribution < 1.29 is 4.79 Å². The number of hydrogen-bond donors (Lipinski definition) is 0. The molecular formula is C9H15NO. The zero-order chi connectivity index (χ0) is 8.27. The first-order chi connectivity index (χ1) is 5.20. The predicted octanol–water partition coefficient (Wildman–Crippen LogP) is 1.57. The monoisotopic (exact) mass is 153 g/mol. The lowest BCUT2D eigenvalue weighted by atomic mass is 10.2. The molecule has 1 saturated heterocycles. The highest BCUT2D eigenvalue weighted by Crippen LogP contribution is 2.15. The first kappa shape index (κ1) is 8.31. The lowest BCUT2D eigenvalue weighted by molar-refractivity contribution is -0.112. The summed E-state index contributed by atoms with van der Waals surface area (Å²) >= 11 is 0. The maximum atomic E-state index is 10.6. The van der Waals surface area contributed by atoms with Crippen LogP contribution < -0.4 is 0 Å². The molecule has 0 saturated carbocycles. The largest absolute Gasteiger partial charge is 0.375 e. The molecular weight excluding hydrogens is 138 g/mol. The second-order valence-electron chi connectivity index (χ2n) is 3.16. The van der Waals surface area contributed by atoms with E-state index >= 15 is 0 Å². The molecule has 0 bridgehead atoms. The van der Waals surface area contributed by atoms with Crippen LogP contribution in [-0.4, -0.2) is 23.3 Å². The van der Waals surface area contributed by atoms with Crippen LogP contribution in [-0.2, 0) is 4.79 Å². The Morgan fingerprint density at radius 2 is 2.36 bits per heavy atom. The quantitative estimate of drug-likeness (QED) is 0.561. The molecule has 0 aromatic rings. The van der Waals surface area contributed by atoms with Gasteiger partial charge in [0, 0.05) is 18.8 Å². The lowest BCUT2D eigenvalue weighted by Gasteiger charge is -2.17. The molecule has 0 radical (unpaired) electrons. The zero-order valence-electron chi connectivity index (χ0n) is 7.21. The molecule has 1 heterocycles. The van der Waals surface area contributed by atoms with Gasteiger partial charge in [0.1, 0.15) is 0 Å². The van der Waals surface area contributed by atoms with Gasteiger partial charge in [-0.3, -0.25) is 4.79 Å². The second kappa shape index (κ2) is 3.56. The molecule has 11 heavy (non-hydrogen) atoms. The maximum absolute atomic E-state index is 10.6. The molecule has 62 valence electrons. The molecule has 0 aromatic carbocycles. The zero-order valence-corrected chi connectivity index (χ0v) is 7.21. The van der Waals surface area contributed by atoms with E-state index in [1.807, 2.05) is 6.20 Å². The van der Waals surface area contributed by atoms with Crippen LogP contribution in [0.15, 0.2) is 12.3 Å². The molecule has 0 amide bonds. The summed E-state index contributed by atoms with van der Waals surface area (Å²) in [4.78, 5) is 12.8. The Kier molecular flexibility index (Phi) is 2.69. The SMILES string of the molecule is CC(=O)/C=C/N1CCCC1C. The first-order valence-electron chi connectivity index (χ1n) is 4.14. The van der Waals surface area contributed by atoms with E-state index in [0.717, 1.165) is 6.54 Å². The highest BCUT2D eigenvalue weighted by molar-refractivity contribution is 5.87. The Morgan fingerprint density at radius 3 is 2.82 bits per heavy atom. The minimum atomic E-state index is 0.129. The van der Waals surface area contributed by atoms with Crippen molar-refractivity contribution in [2.75, 3.05) is 6.54 Å². The van der Waals surface area contributed by atoms with Crippen LogP contribution in [0, 0.1) is 0 Å². The van der Waals surface area contributed by atoms with Crippen molar-refractivity contribution in [2.24, 2.45) is 0 Å². The van der Waals surface area contributed by atoms with Gasteiger partial charge >= 0.3 is 0 Å². The maximum Gasteiger partial charge on any atom is 0.154 e. The average Bonchev–Trinajstić information content (AvgIpc) is 2.31. The highest BCUT2D eigenvalue weighted by Gasteiger charge is 2.15. The van der Waals surface area contributed by atoms with Gasteiger partial charge in [0.2, 0.25) is 0 Å². The fourth-order valence-electron chi connectivity index (χ4n) is 1.38. The molecule has 1 aliphatic rings. The van der Waals surface area contributed by atoms with Crippen molar-refractivity contribution >= 4 is 5.78 Å². The van der Waals surface area contributed by atoms with Crippen molar-refractivity contribution in [1.82, 2.24) is 4.90 Å². The van der Waals surface area contributed by atoms with Crippen LogP contribution in [0.1, 0.15) is 26.7 Å². The molecule has 1 aliphatic heterocycles. The number of carbonyl (C=O) groups is 1. The van der Waals surface area contributed by atoms with Crippen LogP contribution in [0.25, 0.3) is 0 Å². The van der Waals surface area contributed by atoms with Crippen LogP contribution in [0.3, 0.4) is 0 Å². The third kappa shape index (κ3) is 2.37. The van der Waals surface area contributed by atoms with E-state index < -0.39 is 0 Å². The van der Waals surface area contributed by atoms with E-state index in [1.54, 1.807) is 13.0 Å². The number of likely N-dealkylation sites (tertiary alicyclic amines) is 1. The van der Waals surface area contributed by atoms with E-state index in [4.69, 9.17) is 0 Å². The average molecular weight is 153 g/mol. The van der Waals surface area contributed by atoms with E-state index in [1.165, 1.54) is 12.8 Å². The summed E-state index contributed by atoms with van der Waals surface area (Å²) < 4.78 is 0. The van der Waals surface area contributed by atoms with Gasteiger partial charge in [-0.25, -0.2) is 0 Å². The van der Waals surface area contributed by atoms with Gasteiger partial charge in [-0.1, -0.05) is 0 Å². The molecule has 1 atom stereocenters. The predicted molar refractivity (Wildman–Crippen MR) is 45.2 cm³/mol. The number of ketones is 1. The Balaban J connectivity index is 2.42. The van der Waals surface area contributed by atoms with Gasteiger partial charge in [0.05, 0.1) is 0 Å². The minimum absolute atomic E-state index is 0.129. The van der Waals surface area contributed by atoms with Crippen LogP contribution in [0.2, 0.25) is 0 Å². The van der Waals surface area contributed by atoms with Crippen LogP contribution >= 0.6 is 0 Å². The van der Waals surface area contributed by atoms with E-state index in [-0.39, 0.29) is 5.78 Å². The van der Waals surface area contributed by atoms with Crippen molar-refractivity contribution in [3.63, 3.8) is 0 Å². The molecule has 0 aromatic heterocycles. The minimum Gasteiger partial charge on any atom is -0.375 e. The smallest absolute Gasteiger partial charge is 0.154 e. The summed E-state index contributed by atoms with van der Waals surface area (Å²) in [5.41, 5.74) is 0. The molecule has 1 rings (SSSR count). The van der Waals surface area contributed by atoms with E-state index in [2.05, 4.69) is 11.8 Å². The van der Waals surface area contributed by atoms with Gasteiger partial charge < -0.3 is 4.90 Å². The third-order valence-electron chi connectivity index (χ3n) is 2.11. The summed E-state index contributed by atoms with van der Waals surface area (Å²) in [6.45, 7) is 4.87. The summed E-state index contributed by atoms with van der Waals surface area (Å²) in [5, 5.41) is 0. The molecule has 0 aliphatic carbocycles. The molecule has 2 heteroatoms. The van der Waals surface area contributed by atoms with Crippen molar-refractivity contribution in [2.45, 2.75) is 32.7 Å². The van der Waals surface area contributed by atoms with Gasteiger partial charge in [0.15, 0.2) is 5.78 Å². The number of allylic oxidation sites excluding steroid dienone is 1. The lowest BCUT2D eigenvalue weighted by Crippen LogP contribution is -2.20. The summed E-state index contributed by atoms with van der Waals surface area (Å²) in [7, 11) is 0. The summed E-state index contributed by atoms with van der Waals surface area (Å²) in [5.74, 6) is 0.129. The van der Waals surface area contributed by atoms with Gasteiger partial charge in [-0.05, 0) is 32.8 Å². The number of hydrogen-bond acceptors (Lipinski definition) is 2. The topological polar surface area (TPSA) is 20.3 Å². The van der Waals surface area contributed by atoms with Crippen LogP contribution in [0.5, 0.6) is 0 Å². The molecule has 1 unspecified atom stereocenters. The summed E-state index contributed by atoms with van der Waals surface area (Å²) in [6, 6.07) is 0.616. The van der Waals surface area contributed by atoms with Crippen LogP contribution in [0.4, 0.5) is 0 Å². The Bertz CT molecular complexity index is 174. The Labute approximate surface area is 67.9 Å². The number of carbonyl (C=O) groups excluding carboxylic acids is 1.